The number of methoxy groups -OCH3 is 1. The maximum atomic E-state index is 6.35. The van der Waals surface area contributed by atoms with Crippen LogP contribution in [0, 0.1) is 5.92 Å². The van der Waals surface area contributed by atoms with Gasteiger partial charge >= 0.3 is 0 Å². The third-order valence-electron chi connectivity index (χ3n) is 5.16. The highest BCUT2D eigenvalue weighted by atomic mass is 35.5. The number of likely N-dealkylation sites (N-methyl/N-ethyl adjacent to an activating group) is 1. The number of fused-ring (bicyclic) bond motifs is 1. The minimum absolute atomic E-state index is 0.413. The molecule has 3 aromatic rings. The van der Waals surface area contributed by atoms with E-state index >= 15 is 0 Å². The van der Waals surface area contributed by atoms with Crippen molar-refractivity contribution in [3.8, 4) is 17.4 Å². The van der Waals surface area contributed by atoms with Gasteiger partial charge in [-0.25, -0.2) is 4.98 Å². The molecule has 7 nitrogen and oxygen atoms in total. The second kappa shape index (κ2) is 9.98. The molecule has 0 saturated heterocycles. The number of ether oxygens (including phenoxy) is 3. The molecule has 0 amide bonds. The Hall–Kier alpha value is -2.48. The van der Waals surface area contributed by atoms with Gasteiger partial charge in [0, 0.05) is 30.4 Å². The highest BCUT2D eigenvalue weighted by molar-refractivity contribution is 6.39. The largest absolute Gasteiger partial charge is 0.493 e. The van der Waals surface area contributed by atoms with Crippen LogP contribution in [0.4, 0.5) is 11.4 Å². The van der Waals surface area contributed by atoms with Crippen molar-refractivity contribution in [2.45, 2.75) is 12.8 Å². The normalized spacial score (nSPS) is 13.4. The van der Waals surface area contributed by atoms with Crippen molar-refractivity contribution >= 4 is 45.5 Å². The fraction of sp³-hybridized carbons (Fsp3) is 0.391. The molecule has 1 aliphatic carbocycles. The topological polar surface area (TPSA) is 68.7 Å². The van der Waals surface area contributed by atoms with Gasteiger partial charge in [0.05, 0.1) is 35.1 Å². The summed E-state index contributed by atoms with van der Waals surface area (Å²) in [4.78, 5) is 10.8. The molecule has 9 heteroatoms. The van der Waals surface area contributed by atoms with Crippen molar-refractivity contribution in [2.75, 3.05) is 46.3 Å². The number of halogens is 2. The molecule has 1 aromatic carbocycles. The van der Waals surface area contributed by atoms with Crippen molar-refractivity contribution in [2.24, 2.45) is 5.92 Å². The summed E-state index contributed by atoms with van der Waals surface area (Å²) in [7, 11) is 5.61. The molecule has 4 rings (SSSR count). The molecule has 32 heavy (non-hydrogen) atoms. The standard InChI is InChI=1S/C23H26Cl2N4O3/c1-29(2)8-9-31-20-10-18(27-22-16(24)11-26-12-17(22)25)15-6-7-19(30-3)23(21(15)28-20)32-13-14-4-5-14/h6-7,10-12,14H,4-5,8-9,13H2,1-3H3,(H,26,27,28). The van der Waals surface area contributed by atoms with Crippen molar-refractivity contribution in [1.82, 2.24) is 14.9 Å². The molecule has 2 aromatic heterocycles. The van der Waals surface area contributed by atoms with Crippen LogP contribution < -0.4 is 19.5 Å². The number of aromatic nitrogens is 2. The monoisotopic (exact) mass is 476 g/mol. The molecule has 0 unspecified atom stereocenters. The number of hydrogen-bond donors (Lipinski definition) is 1. The van der Waals surface area contributed by atoms with E-state index in [9.17, 15) is 0 Å². The van der Waals surface area contributed by atoms with Crippen molar-refractivity contribution in [3.05, 3.63) is 40.6 Å². The van der Waals surface area contributed by atoms with Crippen LogP contribution in [0.5, 0.6) is 17.4 Å². The number of nitrogens with one attached hydrogen (secondary N) is 1. The van der Waals surface area contributed by atoms with Gasteiger partial charge in [-0.3, -0.25) is 4.98 Å². The van der Waals surface area contributed by atoms with Crippen LogP contribution in [0.2, 0.25) is 10.0 Å². The first kappa shape index (κ1) is 22.7. The molecule has 1 aliphatic rings. The summed E-state index contributed by atoms with van der Waals surface area (Å²) in [6.07, 6.45) is 5.46. The van der Waals surface area contributed by atoms with Gasteiger partial charge in [0.2, 0.25) is 5.88 Å². The summed E-state index contributed by atoms with van der Waals surface area (Å²) in [5, 5.41) is 4.99. The number of benzene rings is 1. The molecular formula is C23H26Cl2N4O3. The first-order chi connectivity index (χ1) is 15.5. The zero-order chi connectivity index (χ0) is 22.7. The van der Waals surface area contributed by atoms with Gasteiger partial charge in [-0.15, -0.1) is 0 Å². The highest BCUT2D eigenvalue weighted by Gasteiger charge is 2.24. The Labute approximate surface area is 197 Å². The van der Waals surface area contributed by atoms with E-state index in [2.05, 4.69) is 10.3 Å². The summed E-state index contributed by atoms with van der Waals surface area (Å²) in [6.45, 7) is 1.88. The number of nitrogens with zero attached hydrogens (tertiary/aromatic N) is 3. The van der Waals surface area contributed by atoms with Gasteiger partial charge in [-0.1, -0.05) is 23.2 Å². The van der Waals surface area contributed by atoms with Crippen molar-refractivity contribution in [3.63, 3.8) is 0 Å². The van der Waals surface area contributed by atoms with E-state index in [1.165, 1.54) is 12.8 Å². The molecular weight excluding hydrogens is 451 g/mol. The predicted octanol–water partition coefficient (Wildman–Crippen LogP) is 5.42. The van der Waals surface area contributed by atoms with Crippen LogP contribution >= 0.6 is 23.2 Å². The fourth-order valence-corrected chi connectivity index (χ4v) is 3.65. The molecule has 170 valence electrons. The first-order valence-corrected chi connectivity index (χ1v) is 11.2. The zero-order valence-electron chi connectivity index (χ0n) is 18.3. The van der Waals surface area contributed by atoms with E-state index in [1.54, 1.807) is 19.5 Å². The van der Waals surface area contributed by atoms with Crippen LogP contribution in [0.15, 0.2) is 30.6 Å². The average molecular weight is 477 g/mol. The molecule has 1 saturated carbocycles. The van der Waals surface area contributed by atoms with Crippen LogP contribution in [-0.2, 0) is 0 Å². The van der Waals surface area contributed by atoms with Crippen LogP contribution in [0.1, 0.15) is 12.8 Å². The van der Waals surface area contributed by atoms with Crippen LogP contribution in [0.3, 0.4) is 0 Å². The Morgan fingerprint density at radius 2 is 1.88 bits per heavy atom. The maximum absolute atomic E-state index is 6.35. The van der Waals surface area contributed by atoms with Crippen molar-refractivity contribution in [1.29, 1.82) is 0 Å². The Morgan fingerprint density at radius 3 is 2.53 bits per heavy atom. The molecule has 1 N–H and O–H groups in total. The van der Waals surface area contributed by atoms with Gasteiger partial charge < -0.3 is 24.4 Å². The van der Waals surface area contributed by atoms with Gasteiger partial charge in [0.15, 0.2) is 11.5 Å². The van der Waals surface area contributed by atoms with Crippen LogP contribution in [0.25, 0.3) is 10.9 Å². The first-order valence-electron chi connectivity index (χ1n) is 10.4. The quantitative estimate of drug-likeness (QED) is 0.418. The van der Waals surface area contributed by atoms with Gasteiger partial charge in [0.1, 0.15) is 12.1 Å². The predicted molar refractivity (Wildman–Crippen MR) is 128 cm³/mol. The van der Waals surface area contributed by atoms with Gasteiger partial charge in [-0.05, 0) is 45.0 Å². The second-order valence-corrected chi connectivity index (χ2v) is 8.82. The van der Waals surface area contributed by atoms with Crippen molar-refractivity contribution < 1.29 is 14.2 Å². The number of hydrogen-bond acceptors (Lipinski definition) is 7. The Kier molecular flexibility index (Phi) is 7.08. The smallest absolute Gasteiger partial charge is 0.216 e. The number of anilines is 2. The number of pyridine rings is 2. The number of rotatable bonds is 10. The van der Waals surface area contributed by atoms with Gasteiger partial charge in [0.25, 0.3) is 0 Å². The molecule has 0 spiro atoms. The minimum atomic E-state index is 0.413. The lowest BCUT2D eigenvalue weighted by atomic mass is 10.1. The van der Waals surface area contributed by atoms with E-state index in [0.29, 0.717) is 57.8 Å². The second-order valence-electron chi connectivity index (χ2n) is 8.01. The molecule has 0 atom stereocenters. The van der Waals surface area contributed by atoms with E-state index in [0.717, 1.165) is 17.6 Å². The third-order valence-corrected chi connectivity index (χ3v) is 5.73. The Balaban J connectivity index is 1.79. The molecule has 0 aliphatic heterocycles. The van der Waals surface area contributed by atoms with E-state index in [1.807, 2.05) is 37.2 Å². The molecule has 1 fully saturated rings. The lowest BCUT2D eigenvalue weighted by Crippen LogP contribution is -2.19. The zero-order valence-corrected chi connectivity index (χ0v) is 19.8. The summed E-state index contributed by atoms with van der Waals surface area (Å²) in [5.74, 6) is 2.28. The van der Waals surface area contributed by atoms with Gasteiger partial charge in [-0.2, -0.15) is 0 Å². The van der Waals surface area contributed by atoms with E-state index in [4.69, 9.17) is 42.4 Å². The third kappa shape index (κ3) is 5.28. The fourth-order valence-electron chi connectivity index (χ4n) is 3.19. The Morgan fingerprint density at radius 1 is 1.12 bits per heavy atom. The summed E-state index contributed by atoms with van der Waals surface area (Å²) in [6, 6.07) is 5.64. The van der Waals surface area contributed by atoms with E-state index < -0.39 is 0 Å². The molecule has 0 bridgehead atoms. The summed E-state index contributed by atoms with van der Waals surface area (Å²) >= 11 is 12.7. The minimum Gasteiger partial charge on any atom is -0.493 e. The summed E-state index contributed by atoms with van der Waals surface area (Å²) < 4.78 is 17.7. The van der Waals surface area contributed by atoms with E-state index in [-0.39, 0.29) is 0 Å². The maximum Gasteiger partial charge on any atom is 0.216 e. The Bertz CT molecular complexity index is 1090. The lowest BCUT2D eigenvalue weighted by molar-refractivity contribution is 0.254. The molecule has 2 heterocycles. The summed E-state index contributed by atoms with van der Waals surface area (Å²) in [5.41, 5.74) is 1.95. The lowest BCUT2D eigenvalue weighted by Gasteiger charge is -2.18. The van der Waals surface area contributed by atoms with Crippen LogP contribution in [-0.4, -0.2) is 55.8 Å². The average Bonchev–Trinajstić information content (AvgIpc) is 3.59. The molecule has 0 radical (unpaired) electrons. The highest BCUT2D eigenvalue weighted by Crippen LogP contribution is 2.42. The SMILES string of the molecule is COc1ccc2c(Nc3c(Cl)cncc3Cl)cc(OCCN(C)C)nc2c1OCC1CC1.